The zero-order valence-corrected chi connectivity index (χ0v) is 15.1. The van der Waals surface area contributed by atoms with E-state index in [1.54, 1.807) is 31.2 Å². The number of nitrogens with zero attached hydrogens (tertiary/aromatic N) is 3. The van der Waals surface area contributed by atoms with Gasteiger partial charge < -0.3 is 14.6 Å². The fourth-order valence-corrected chi connectivity index (χ4v) is 2.51. The van der Waals surface area contributed by atoms with E-state index in [-0.39, 0.29) is 5.89 Å². The molecule has 0 radical (unpaired) electrons. The average molecular weight is 411 g/mol. The number of anilines is 1. The molecule has 1 aromatic heterocycles. The number of alkyl halides is 2. The maximum atomic E-state index is 12.5. The number of hydrogen-bond donors (Lipinski definition) is 1. The molecule has 2 aromatic carbocycles. The van der Waals surface area contributed by atoms with Gasteiger partial charge >= 0.3 is 12.3 Å². The summed E-state index contributed by atoms with van der Waals surface area (Å²) in [5.41, 5.74) is 0.424. The fraction of sp³-hybridized carbons (Fsp3) is 0.176. The summed E-state index contributed by atoms with van der Waals surface area (Å²) < 4.78 is 34.5. The van der Waals surface area contributed by atoms with Crippen molar-refractivity contribution in [2.75, 3.05) is 5.32 Å². The SMILES string of the molecule is CC(Nc1ccc([N+](=O)[O-])c(OC(F)F)c1)c1noc(-c2ccc(Cl)cc2)n1. The molecule has 1 heterocycles. The van der Waals surface area contributed by atoms with Gasteiger partial charge in [-0.25, -0.2) is 0 Å². The Morgan fingerprint density at radius 1 is 1.25 bits per heavy atom. The van der Waals surface area contributed by atoms with Gasteiger partial charge in [0.15, 0.2) is 5.82 Å². The second-order valence-corrected chi connectivity index (χ2v) is 6.09. The van der Waals surface area contributed by atoms with Gasteiger partial charge in [-0.2, -0.15) is 13.8 Å². The Morgan fingerprint density at radius 2 is 1.96 bits per heavy atom. The van der Waals surface area contributed by atoms with Gasteiger partial charge in [-0.05, 0) is 37.3 Å². The van der Waals surface area contributed by atoms with Crippen molar-refractivity contribution in [3.05, 3.63) is 63.4 Å². The maximum Gasteiger partial charge on any atom is 0.387 e. The minimum atomic E-state index is -3.19. The first-order valence-electron chi connectivity index (χ1n) is 7.93. The molecule has 28 heavy (non-hydrogen) atoms. The summed E-state index contributed by atoms with van der Waals surface area (Å²) in [7, 11) is 0. The topological polar surface area (TPSA) is 103 Å². The van der Waals surface area contributed by atoms with Crippen LogP contribution in [0, 0.1) is 10.1 Å². The van der Waals surface area contributed by atoms with Crippen LogP contribution in [0.25, 0.3) is 11.5 Å². The van der Waals surface area contributed by atoms with Crippen molar-refractivity contribution in [3.8, 4) is 17.2 Å². The second-order valence-electron chi connectivity index (χ2n) is 5.65. The Balaban J connectivity index is 1.78. The lowest BCUT2D eigenvalue weighted by molar-refractivity contribution is -0.386. The molecular weight excluding hydrogens is 398 g/mol. The summed E-state index contributed by atoms with van der Waals surface area (Å²) in [4.78, 5) is 14.4. The Morgan fingerprint density at radius 3 is 2.61 bits per heavy atom. The van der Waals surface area contributed by atoms with Gasteiger partial charge in [0.05, 0.1) is 11.0 Å². The zero-order chi connectivity index (χ0) is 20.3. The molecule has 0 saturated heterocycles. The number of ether oxygens (including phenoxy) is 1. The summed E-state index contributed by atoms with van der Waals surface area (Å²) in [6.45, 7) is -1.48. The van der Waals surface area contributed by atoms with Gasteiger partial charge in [0.1, 0.15) is 0 Å². The van der Waals surface area contributed by atoms with E-state index >= 15 is 0 Å². The van der Waals surface area contributed by atoms with E-state index in [1.165, 1.54) is 6.07 Å². The molecule has 3 rings (SSSR count). The van der Waals surface area contributed by atoms with Gasteiger partial charge in [0.2, 0.25) is 5.75 Å². The molecule has 11 heteroatoms. The number of nitro groups is 1. The molecule has 0 fully saturated rings. The number of rotatable bonds is 7. The summed E-state index contributed by atoms with van der Waals surface area (Å²) >= 11 is 5.84. The molecule has 0 saturated carbocycles. The van der Waals surface area contributed by atoms with E-state index in [0.717, 1.165) is 12.1 Å². The Kier molecular flexibility index (Phi) is 5.69. The largest absolute Gasteiger partial charge is 0.427 e. The van der Waals surface area contributed by atoms with E-state index < -0.39 is 29.0 Å². The van der Waals surface area contributed by atoms with Gasteiger partial charge in [-0.15, -0.1) is 0 Å². The first-order chi connectivity index (χ1) is 13.3. The molecule has 8 nitrogen and oxygen atoms in total. The van der Waals surface area contributed by atoms with Gasteiger partial charge in [0.25, 0.3) is 5.89 Å². The lowest BCUT2D eigenvalue weighted by atomic mass is 10.2. The third kappa shape index (κ3) is 4.52. The van der Waals surface area contributed by atoms with E-state index in [9.17, 15) is 18.9 Å². The summed E-state index contributed by atoms with van der Waals surface area (Å²) in [6, 6.07) is 9.89. The maximum absolute atomic E-state index is 12.5. The van der Waals surface area contributed by atoms with Crippen LogP contribution in [0.4, 0.5) is 20.2 Å². The molecule has 0 aliphatic heterocycles. The molecule has 1 atom stereocenters. The first kappa shape index (κ1) is 19.5. The molecule has 0 aliphatic rings. The minimum Gasteiger partial charge on any atom is -0.427 e. The number of nitro benzene ring substituents is 1. The summed E-state index contributed by atoms with van der Waals surface area (Å²) in [5.74, 6) is 0.0394. The standard InChI is InChI=1S/C17H13ClF2N4O4/c1-9(15-22-16(28-23-15)10-2-4-11(18)5-3-10)21-12-6-7-13(24(25)26)14(8-12)27-17(19)20/h2-9,17,21H,1H3. The predicted molar refractivity (Wildman–Crippen MR) is 96.5 cm³/mol. The number of hydrogen-bond acceptors (Lipinski definition) is 7. The van der Waals surface area contributed by atoms with E-state index in [2.05, 4.69) is 20.2 Å². The molecular formula is C17H13ClF2N4O4. The van der Waals surface area contributed by atoms with Crippen LogP contribution in [0.5, 0.6) is 5.75 Å². The van der Waals surface area contributed by atoms with Crippen LogP contribution in [-0.2, 0) is 0 Å². The van der Waals surface area contributed by atoms with Crippen molar-refractivity contribution >= 4 is 23.0 Å². The lowest BCUT2D eigenvalue weighted by Gasteiger charge is -2.13. The van der Waals surface area contributed by atoms with Crippen LogP contribution in [0.2, 0.25) is 5.02 Å². The van der Waals surface area contributed by atoms with Crippen LogP contribution in [0.3, 0.4) is 0 Å². The molecule has 1 N–H and O–H groups in total. The minimum absolute atomic E-state index is 0.283. The van der Waals surface area contributed by atoms with Crippen LogP contribution in [-0.4, -0.2) is 21.7 Å². The number of benzene rings is 2. The summed E-state index contributed by atoms with van der Waals surface area (Å²) in [6.07, 6.45) is 0. The van der Waals surface area contributed by atoms with Gasteiger partial charge in [-0.1, -0.05) is 16.8 Å². The van der Waals surface area contributed by atoms with Crippen molar-refractivity contribution in [2.45, 2.75) is 19.6 Å². The Labute approximate surface area is 162 Å². The van der Waals surface area contributed by atoms with Crippen LogP contribution < -0.4 is 10.1 Å². The highest BCUT2D eigenvalue weighted by Gasteiger charge is 2.21. The number of halogens is 3. The van der Waals surface area contributed by atoms with Crippen LogP contribution in [0.15, 0.2) is 47.0 Å². The quantitative estimate of drug-likeness (QED) is 0.428. The molecule has 0 amide bonds. The fourth-order valence-electron chi connectivity index (χ4n) is 2.38. The third-order valence-corrected chi connectivity index (χ3v) is 3.93. The van der Waals surface area contributed by atoms with E-state index in [1.807, 2.05) is 0 Å². The Bertz CT molecular complexity index is 982. The highest BCUT2D eigenvalue weighted by atomic mass is 35.5. The normalized spacial score (nSPS) is 12.0. The monoisotopic (exact) mass is 410 g/mol. The van der Waals surface area contributed by atoms with Crippen molar-refractivity contribution < 1.29 is 23.0 Å². The molecule has 0 bridgehead atoms. The zero-order valence-electron chi connectivity index (χ0n) is 14.3. The lowest BCUT2D eigenvalue weighted by Crippen LogP contribution is -2.10. The highest BCUT2D eigenvalue weighted by molar-refractivity contribution is 6.30. The average Bonchev–Trinajstić information content (AvgIpc) is 3.12. The van der Waals surface area contributed by atoms with Crippen molar-refractivity contribution in [2.24, 2.45) is 0 Å². The smallest absolute Gasteiger partial charge is 0.387 e. The van der Waals surface area contributed by atoms with Crippen LogP contribution in [0.1, 0.15) is 18.8 Å². The second kappa shape index (κ2) is 8.17. The highest BCUT2D eigenvalue weighted by Crippen LogP contribution is 2.32. The summed E-state index contributed by atoms with van der Waals surface area (Å²) in [5, 5.41) is 18.3. The third-order valence-electron chi connectivity index (χ3n) is 3.68. The Hall–Kier alpha value is -3.27. The predicted octanol–water partition coefficient (Wildman–Crippen LogP) is 5.07. The molecule has 0 spiro atoms. The molecule has 146 valence electrons. The number of aromatic nitrogens is 2. The van der Waals surface area contributed by atoms with E-state index in [0.29, 0.717) is 22.1 Å². The van der Waals surface area contributed by atoms with E-state index in [4.69, 9.17) is 16.1 Å². The van der Waals surface area contributed by atoms with Crippen molar-refractivity contribution in [1.29, 1.82) is 0 Å². The first-order valence-corrected chi connectivity index (χ1v) is 8.30. The van der Waals surface area contributed by atoms with Gasteiger partial charge in [0, 0.05) is 28.4 Å². The van der Waals surface area contributed by atoms with Crippen molar-refractivity contribution in [1.82, 2.24) is 10.1 Å². The van der Waals surface area contributed by atoms with Gasteiger partial charge in [-0.3, -0.25) is 10.1 Å². The number of nitrogens with one attached hydrogen (secondary N) is 1. The van der Waals surface area contributed by atoms with Crippen molar-refractivity contribution in [3.63, 3.8) is 0 Å². The molecule has 3 aromatic rings. The van der Waals surface area contributed by atoms with Crippen LogP contribution >= 0.6 is 11.6 Å². The molecule has 0 aliphatic carbocycles. The molecule has 1 unspecified atom stereocenters.